The molecule has 8 heteroatoms. The lowest BCUT2D eigenvalue weighted by Gasteiger charge is -2.10. The molecule has 0 spiro atoms. The number of hydrogen-bond donors (Lipinski definition) is 3. The van der Waals surface area contributed by atoms with Crippen LogP contribution in [0.15, 0.2) is 90.0 Å². The SMILES string of the molecule is Ic1ccc(/C=N/Nc2nc(NCc3ccccc3)nc(Nc3ccccc3)n2)cc1. The first-order valence-corrected chi connectivity index (χ1v) is 10.7. The highest BCUT2D eigenvalue weighted by atomic mass is 127. The molecule has 0 aliphatic heterocycles. The summed E-state index contributed by atoms with van der Waals surface area (Å²) in [7, 11) is 0. The Hall–Kier alpha value is -3.53. The predicted octanol–water partition coefficient (Wildman–Crippen LogP) is 5.28. The third kappa shape index (κ3) is 6.48. The van der Waals surface area contributed by atoms with Crippen LogP contribution in [0.1, 0.15) is 11.1 Å². The second kappa shape index (κ2) is 10.5. The van der Waals surface area contributed by atoms with E-state index in [2.05, 4.69) is 58.7 Å². The van der Waals surface area contributed by atoms with Crippen molar-refractivity contribution in [2.75, 3.05) is 16.1 Å². The fraction of sp³-hybridized carbons (Fsp3) is 0.0435. The minimum atomic E-state index is 0.339. The molecule has 0 radical (unpaired) electrons. The molecule has 7 nitrogen and oxygen atoms in total. The molecule has 0 amide bonds. The van der Waals surface area contributed by atoms with Gasteiger partial charge in [-0.15, -0.1) is 0 Å². The molecule has 0 aliphatic carbocycles. The number of nitrogens with one attached hydrogen (secondary N) is 3. The van der Waals surface area contributed by atoms with Crippen molar-refractivity contribution >= 4 is 52.3 Å². The standard InChI is InChI=1S/C23H20IN7/c24-19-13-11-18(12-14-19)16-26-31-23-29-21(25-15-17-7-3-1-4-8-17)28-22(30-23)27-20-9-5-2-6-10-20/h1-14,16H,15H2,(H3,25,27,28,29,30,31)/b26-16+. The van der Waals surface area contributed by atoms with E-state index in [1.54, 1.807) is 6.21 Å². The molecule has 3 N–H and O–H groups in total. The van der Waals surface area contributed by atoms with Gasteiger partial charge in [-0.3, -0.25) is 0 Å². The van der Waals surface area contributed by atoms with Crippen molar-refractivity contribution in [3.05, 3.63) is 99.6 Å². The third-order valence-corrected chi connectivity index (χ3v) is 4.93. The molecule has 3 aromatic carbocycles. The van der Waals surface area contributed by atoms with Crippen molar-refractivity contribution < 1.29 is 0 Å². The summed E-state index contributed by atoms with van der Waals surface area (Å²) in [6.07, 6.45) is 1.72. The van der Waals surface area contributed by atoms with E-state index in [0.717, 1.165) is 16.8 Å². The molecule has 4 aromatic rings. The monoisotopic (exact) mass is 521 g/mol. The van der Waals surface area contributed by atoms with Crippen molar-refractivity contribution in [1.29, 1.82) is 0 Å². The van der Waals surface area contributed by atoms with E-state index >= 15 is 0 Å². The molecule has 4 rings (SSSR count). The Bertz CT molecular complexity index is 1130. The number of anilines is 4. The summed E-state index contributed by atoms with van der Waals surface area (Å²) in [6, 6.07) is 27.9. The summed E-state index contributed by atoms with van der Waals surface area (Å²) in [5.41, 5.74) is 5.89. The van der Waals surface area contributed by atoms with Crippen molar-refractivity contribution in [2.24, 2.45) is 5.10 Å². The van der Waals surface area contributed by atoms with E-state index in [0.29, 0.717) is 24.4 Å². The summed E-state index contributed by atoms with van der Waals surface area (Å²) in [5, 5.41) is 10.7. The van der Waals surface area contributed by atoms with E-state index < -0.39 is 0 Å². The van der Waals surface area contributed by atoms with E-state index in [-0.39, 0.29) is 0 Å². The second-order valence-electron chi connectivity index (χ2n) is 6.56. The van der Waals surface area contributed by atoms with Crippen LogP contribution < -0.4 is 16.1 Å². The first-order chi connectivity index (χ1) is 15.2. The van der Waals surface area contributed by atoms with Crippen LogP contribution >= 0.6 is 22.6 Å². The minimum Gasteiger partial charge on any atom is -0.350 e. The first kappa shape index (κ1) is 20.7. The fourth-order valence-electron chi connectivity index (χ4n) is 2.70. The topological polar surface area (TPSA) is 87.1 Å². The van der Waals surface area contributed by atoms with Gasteiger partial charge in [-0.2, -0.15) is 20.1 Å². The number of rotatable bonds is 8. The van der Waals surface area contributed by atoms with Crippen LogP contribution in [0.25, 0.3) is 0 Å². The van der Waals surface area contributed by atoms with Crippen LogP contribution in [-0.2, 0) is 6.54 Å². The molecule has 0 aliphatic rings. The number of para-hydroxylation sites is 1. The summed E-state index contributed by atoms with van der Waals surface area (Å²) < 4.78 is 1.17. The Labute approximate surface area is 194 Å². The van der Waals surface area contributed by atoms with Crippen LogP contribution in [-0.4, -0.2) is 21.2 Å². The van der Waals surface area contributed by atoms with Gasteiger partial charge in [0.25, 0.3) is 0 Å². The van der Waals surface area contributed by atoms with Crippen LogP contribution in [0.5, 0.6) is 0 Å². The van der Waals surface area contributed by atoms with Gasteiger partial charge in [0, 0.05) is 15.8 Å². The number of hydrazone groups is 1. The zero-order chi connectivity index (χ0) is 21.3. The molecule has 31 heavy (non-hydrogen) atoms. The molecule has 0 fully saturated rings. The Morgan fingerprint density at radius 3 is 2.13 bits per heavy atom. The molecular weight excluding hydrogens is 501 g/mol. The molecule has 1 heterocycles. The molecule has 0 saturated carbocycles. The average molecular weight is 521 g/mol. The van der Waals surface area contributed by atoms with Gasteiger partial charge in [-0.25, -0.2) is 5.43 Å². The van der Waals surface area contributed by atoms with Gasteiger partial charge in [-0.05, 0) is 58.0 Å². The maximum atomic E-state index is 4.48. The predicted molar refractivity (Wildman–Crippen MR) is 134 cm³/mol. The Balaban J connectivity index is 1.52. The third-order valence-electron chi connectivity index (χ3n) is 4.21. The molecule has 1 aromatic heterocycles. The summed E-state index contributed by atoms with van der Waals surface area (Å²) in [4.78, 5) is 13.3. The summed E-state index contributed by atoms with van der Waals surface area (Å²) in [6.45, 7) is 0.598. The number of halogens is 1. The minimum absolute atomic E-state index is 0.339. The number of aromatic nitrogens is 3. The van der Waals surface area contributed by atoms with Crippen LogP contribution in [0, 0.1) is 3.57 Å². The van der Waals surface area contributed by atoms with Crippen LogP contribution in [0.4, 0.5) is 23.5 Å². The van der Waals surface area contributed by atoms with Crippen molar-refractivity contribution in [3.8, 4) is 0 Å². The lowest BCUT2D eigenvalue weighted by Crippen LogP contribution is -2.09. The van der Waals surface area contributed by atoms with Crippen LogP contribution in [0.3, 0.4) is 0 Å². The quantitative estimate of drug-likeness (QED) is 0.166. The van der Waals surface area contributed by atoms with E-state index in [9.17, 15) is 0 Å². The van der Waals surface area contributed by atoms with Gasteiger partial charge >= 0.3 is 0 Å². The fourth-order valence-corrected chi connectivity index (χ4v) is 3.06. The average Bonchev–Trinajstić information content (AvgIpc) is 2.80. The molecule has 0 bridgehead atoms. The number of benzene rings is 3. The van der Waals surface area contributed by atoms with Crippen molar-refractivity contribution in [2.45, 2.75) is 6.54 Å². The zero-order valence-electron chi connectivity index (χ0n) is 16.5. The van der Waals surface area contributed by atoms with E-state index in [1.165, 1.54) is 3.57 Å². The maximum absolute atomic E-state index is 4.48. The summed E-state index contributed by atoms with van der Waals surface area (Å²) in [5.74, 6) is 1.21. The largest absolute Gasteiger partial charge is 0.350 e. The van der Waals surface area contributed by atoms with Crippen molar-refractivity contribution in [3.63, 3.8) is 0 Å². The Kier molecular flexibility index (Phi) is 7.01. The lowest BCUT2D eigenvalue weighted by molar-refractivity contribution is 0.999. The molecule has 154 valence electrons. The molecule has 0 atom stereocenters. The first-order valence-electron chi connectivity index (χ1n) is 9.65. The van der Waals surface area contributed by atoms with Crippen LogP contribution in [0.2, 0.25) is 0 Å². The summed E-state index contributed by atoms with van der Waals surface area (Å²) >= 11 is 2.27. The number of hydrogen-bond acceptors (Lipinski definition) is 7. The Morgan fingerprint density at radius 2 is 1.39 bits per heavy atom. The van der Waals surface area contributed by atoms with Gasteiger partial charge in [0.1, 0.15) is 0 Å². The van der Waals surface area contributed by atoms with Gasteiger partial charge in [-0.1, -0.05) is 60.7 Å². The highest BCUT2D eigenvalue weighted by Gasteiger charge is 2.07. The smallest absolute Gasteiger partial charge is 0.250 e. The van der Waals surface area contributed by atoms with Gasteiger partial charge in [0.2, 0.25) is 17.8 Å². The second-order valence-corrected chi connectivity index (χ2v) is 7.80. The molecular formula is C23H20IN7. The highest BCUT2D eigenvalue weighted by Crippen LogP contribution is 2.16. The van der Waals surface area contributed by atoms with E-state index in [1.807, 2.05) is 84.9 Å². The van der Waals surface area contributed by atoms with E-state index in [4.69, 9.17) is 0 Å². The Morgan fingerprint density at radius 1 is 0.742 bits per heavy atom. The highest BCUT2D eigenvalue weighted by molar-refractivity contribution is 14.1. The maximum Gasteiger partial charge on any atom is 0.250 e. The molecule has 0 saturated heterocycles. The zero-order valence-corrected chi connectivity index (χ0v) is 18.7. The normalized spacial score (nSPS) is 10.7. The van der Waals surface area contributed by atoms with Gasteiger partial charge < -0.3 is 10.6 Å². The van der Waals surface area contributed by atoms with Crippen molar-refractivity contribution in [1.82, 2.24) is 15.0 Å². The lowest BCUT2D eigenvalue weighted by atomic mass is 10.2. The number of nitrogens with zero attached hydrogens (tertiary/aromatic N) is 4. The van der Waals surface area contributed by atoms with Gasteiger partial charge in [0.05, 0.1) is 6.21 Å². The van der Waals surface area contributed by atoms with Gasteiger partial charge in [0.15, 0.2) is 0 Å². The molecule has 0 unspecified atom stereocenters.